The van der Waals surface area contributed by atoms with Crippen LogP contribution in [0.3, 0.4) is 0 Å². The summed E-state index contributed by atoms with van der Waals surface area (Å²) < 4.78 is 40.9. The first-order valence-corrected chi connectivity index (χ1v) is 9.46. The zero-order valence-corrected chi connectivity index (χ0v) is 15.3. The minimum Gasteiger partial charge on any atom is -0.493 e. The molecule has 142 valence electrons. The number of carbonyl (C=O) groups excluding carboxylic acids is 2. The first-order chi connectivity index (χ1) is 12.9. The van der Waals surface area contributed by atoms with Gasteiger partial charge in [-0.25, -0.2) is 17.5 Å². The Morgan fingerprint density at radius 3 is 2.41 bits per heavy atom. The van der Waals surface area contributed by atoms with Gasteiger partial charge in [0.05, 0.1) is 19.2 Å². The van der Waals surface area contributed by atoms with Gasteiger partial charge in [-0.3, -0.25) is 4.79 Å². The zero-order chi connectivity index (χ0) is 19.4. The van der Waals surface area contributed by atoms with Crippen molar-refractivity contribution in [2.75, 3.05) is 26.9 Å². The predicted octanol–water partition coefficient (Wildman–Crippen LogP) is 1.46. The van der Waals surface area contributed by atoms with Gasteiger partial charge in [-0.1, -0.05) is 24.3 Å². The molecule has 0 fully saturated rings. The molecule has 0 radical (unpaired) electrons. The van der Waals surface area contributed by atoms with Crippen LogP contribution in [0.4, 0.5) is 0 Å². The maximum absolute atomic E-state index is 12.4. The molecule has 8 nitrogen and oxygen atoms in total. The van der Waals surface area contributed by atoms with Crippen molar-refractivity contribution in [1.82, 2.24) is 4.31 Å². The van der Waals surface area contributed by atoms with Crippen molar-refractivity contribution >= 4 is 21.9 Å². The van der Waals surface area contributed by atoms with Gasteiger partial charge in [0.1, 0.15) is 11.5 Å². The third kappa shape index (κ3) is 3.72. The Morgan fingerprint density at radius 2 is 1.70 bits per heavy atom. The molecule has 9 heteroatoms. The third-order valence-corrected chi connectivity index (χ3v) is 5.72. The van der Waals surface area contributed by atoms with Crippen molar-refractivity contribution < 1.29 is 32.2 Å². The second-order valence-corrected chi connectivity index (χ2v) is 7.37. The van der Waals surface area contributed by atoms with Crippen LogP contribution in [0.5, 0.6) is 11.5 Å². The van der Waals surface area contributed by atoms with E-state index in [0.717, 1.165) is 0 Å². The SMILES string of the molecule is COc1ccccc1OCC(=O)OCCN1C(=O)c2ccccc2S1(=O)=O. The highest BCUT2D eigenvalue weighted by atomic mass is 32.2. The molecule has 1 aliphatic heterocycles. The molecule has 0 atom stereocenters. The number of benzene rings is 2. The smallest absolute Gasteiger partial charge is 0.344 e. The number of amides is 1. The summed E-state index contributed by atoms with van der Waals surface area (Å²) >= 11 is 0. The van der Waals surface area contributed by atoms with Gasteiger partial charge in [-0.15, -0.1) is 0 Å². The summed E-state index contributed by atoms with van der Waals surface area (Å²) in [6.07, 6.45) is 0. The molecule has 0 unspecified atom stereocenters. The van der Waals surface area contributed by atoms with Gasteiger partial charge in [0, 0.05) is 0 Å². The number of fused-ring (bicyclic) bond motifs is 1. The fraction of sp³-hybridized carbons (Fsp3) is 0.222. The van der Waals surface area contributed by atoms with E-state index in [1.807, 2.05) is 0 Å². The number of hydrogen-bond donors (Lipinski definition) is 0. The Bertz CT molecular complexity index is 971. The Labute approximate surface area is 156 Å². The van der Waals surface area contributed by atoms with Crippen LogP contribution in [0, 0.1) is 0 Å². The van der Waals surface area contributed by atoms with Crippen LogP contribution in [0.25, 0.3) is 0 Å². The summed E-state index contributed by atoms with van der Waals surface area (Å²) in [6.45, 7) is -0.912. The number of para-hydroxylation sites is 2. The lowest BCUT2D eigenvalue weighted by molar-refractivity contribution is -0.146. The van der Waals surface area contributed by atoms with Crippen molar-refractivity contribution in [2.45, 2.75) is 4.90 Å². The molecule has 1 heterocycles. The van der Waals surface area contributed by atoms with Crippen LogP contribution in [0.15, 0.2) is 53.4 Å². The normalized spacial score (nSPS) is 14.6. The minimum atomic E-state index is -3.91. The second kappa shape index (κ2) is 7.67. The number of nitrogens with zero attached hydrogens (tertiary/aromatic N) is 1. The quantitative estimate of drug-likeness (QED) is 0.659. The fourth-order valence-electron chi connectivity index (χ4n) is 2.61. The number of carbonyl (C=O) groups is 2. The lowest BCUT2D eigenvalue weighted by atomic mass is 10.2. The summed E-state index contributed by atoms with van der Waals surface area (Å²) in [5.41, 5.74) is 0.114. The molecule has 3 rings (SSSR count). The third-order valence-electron chi connectivity index (χ3n) is 3.88. The molecular weight excluding hydrogens is 374 g/mol. The fourth-order valence-corrected chi connectivity index (χ4v) is 4.16. The first-order valence-electron chi connectivity index (χ1n) is 8.02. The summed E-state index contributed by atoms with van der Waals surface area (Å²) in [6, 6.07) is 12.8. The summed E-state index contributed by atoms with van der Waals surface area (Å²) in [4.78, 5) is 24.0. The molecule has 0 saturated heterocycles. The van der Waals surface area contributed by atoms with E-state index in [0.29, 0.717) is 15.8 Å². The average Bonchev–Trinajstić information content (AvgIpc) is 2.87. The molecule has 0 saturated carbocycles. The molecule has 2 aromatic rings. The topological polar surface area (TPSA) is 99.2 Å². The van der Waals surface area contributed by atoms with Gasteiger partial charge < -0.3 is 14.2 Å². The summed E-state index contributed by atoms with van der Waals surface area (Å²) in [7, 11) is -2.43. The summed E-state index contributed by atoms with van der Waals surface area (Å²) in [5, 5.41) is 0. The largest absolute Gasteiger partial charge is 0.493 e. The minimum absolute atomic E-state index is 0.0409. The molecule has 0 aliphatic carbocycles. The van der Waals surface area contributed by atoms with Crippen molar-refractivity contribution in [1.29, 1.82) is 0 Å². The Kier molecular flexibility index (Phi) is 5.31. The van der Waals surface area contributed by atoms with Crippen LogP contribution in [0.2, 0.25) is 0 Å². The number of hydrogen-bond acceptors (Lipinski definition) is 7. The van der Waals surface area contributed by atoms with Gasteiger partial charge in [-0.2, -0.15) is 0 Å². The van der Waals surface area contributed by atoms with Gasteiger partial charge in [0.25, 0.3) is 15.9 Å². The van der Waals surface area contributed by atoms with E-state index in [1.54, 1.807) is 36.4 Å². The molecule has 0 spiro atoms. The molecule has 0 N–H and O–H groups in total. The number of sulfonamides is 1. The summed E-state index contributed by atoms with van der Waals surface area (Å²) in [5.74, 6) is -0.476. The number of ether oxygens (including phenoxy) is 3. The highest BCUT2D eigenvalue weighted by Gasteiger charge is 2.40. The number of esters is 1. The molecule has 27 heavy (non-hydrogen) atoms. The van der Waals surface area contributed by atoms with Gasteiger partial charge in [-0.05, 0) is 24.3 Å². The second-order valence-electron chi connectivity index (χ2n) is 5.54. The molecular formula is C18H17NO7S. The molecule has 0 aromatic heterocycles. The van der Waals surface area contributed by atoms with Crippen LogP contribution in [-0.2, 0) is 19.6 Å². The lowest BCUT2D eigenvalue weighted by Crippen LogP contribution is -2.34. The van der Waals surface area contributed by atoms with Crippen LogP contribution >= 0.6 is 0 Å². The van der Waals surface area contributed by atoms with E-state index >= 15 is 0 Å². The van der Waals surface area contributed by atoms with E-state index in [1.165, 1.54) is 19.2 Å². The van der Waals surface area contributed by atoms with E-state index in [9.17, 15) is 18.0 Å². The average molecular weight is 391 g/mol. The van der Waals surface area contributed by atoms with E-state index in [4.69, 9.17) is 14.2 Å². The standard InChI is InChI=1S/C18H17NO7S/c1-24-14-7-3-4-8-15(14)26-12-17(20)25-11-10-19-18(21)13-6-2-5-9-16(13)27(19,22)23/h2-9H,10-12H2,1H3. The van der Waals surface area contributed by atoms with Gasteiger partial charge in [0.15, 0.2) is 18.1 Å². The van der Waals surface area contributed by atoms with E-state index in [-0.39, 0.29) is 30.2 Å². The number of rotatable bonds is 7. The molecule has 1 aliphatic rings. The van der Waals surface area contributed by atoms with Gasteiger partial charge in [0.2, 0.25) is 0 Å². The van der Waals surface area contributed by atoms with E-state index < -0.39 is 21.9 Å². The van der Waals surface area contributed by atoms with Crippen molar-refractivity contribution in [3.63, 3.8) is 0 Å². The number of methoxy groups -OCH3 is 1. The van der Waals surface area contributed by atoms with E-state index in [2.05, 4.69) is 0 Å². The van der Waals surface area contributed by atoms with Gasteiger partial charge >= 0.3 is 5.97 Å². The molecule has 0 bridgehead atoms. The maximum atomic E-state index is 12.4. The van der Waals surface area contributed by atoms with Crippen LogP contribution < -0.4 is 9.47 Å². The zero-order valence-electron chi connectivity index (χ0n) is 14.5. The molecule has 2 aromatic carbocycles. The van der Waals surface area contributed by atoms with Crippen LogP contribution in [0.1, 0.15) is 10.4 Å². The van der Waals surface area contributed by atoms with Crippen molar-refractivity contribution in [3.05, 3.63) is 54.1 Å². The highest BCUT2D eigenvalue weighted by molar-refractivity contribution is 7.90. The highest BCUT2D eigenvalue weighted by Crippen LogP contribution is 2.29. The Balaban J connectivity index is 1.53. The Hall–Kier alpha value is -3.07. The lowest BCUT2D eigenvalue weighted by Gasteiger charge is -2.15. The van der Waals surface area contributed by atoms with Crippen molar-refractivity contribution in [2.24, 2.45) is 0 Å². The first kappa shape index (κ1) is 18.7. The molecule has 1 amide bonds. The van der Waals surface area contributed by atoms with Crippen LogP contribution in [-0.4, -0.2) is 51.5 Å². The maximum Gasteiger partial charge on any atom is 0.344 e. The van der Waals surface area contributed by atoms with Crippen molar-refractivity contribution in [3.8, 4) is 11.5 Å². The monoisotopic (exact) mass is 391 g/mol. The predicted molar refractivity (Wildman–Crippen MR) is 94.1 cm³/mol. The Morgan fingerprint density at radius 1 is 1.04 bits per heavy atom.